The van der Waals surface area contributed by atoms with E-state index >= 15 is 0 Å². The Hall–Kier alpha value is -3.24. The zero-order chi connectivity index (χ0) is 27.5. The molecule has 8 nitrogen and oxygen atoms in total. The Morgan fingerprint density at radius 1 is 0.923 bits per heavy atom. The number of thioether (sulfide) groups is 1. The van der Waals surface area contributed by atoms with Crippen LogP contribution in [0, 0.1) is 0 Å². The van der Waals surface area contributed by atoms with Crippen molar-refractivity contribution in [3.63, 3.8) is 0 Å². The number of ether oxygens (including phenoxy) is 2. The summed E-state index contributed by atoms with van der Waals surface area (Å²) in [6.07, 6.45) is 4.07. The Kier molecular flexibility index (Phi) is 10.9. The fraction of sp³-hybridized carbons (Fsp3) is 0.367. The molecule has 0 bridgehead atoms. The zero-order valence-corrected chi connectivity index (χ0v) is 22.5. The molecular formula is C30H34N2O6S. The van der Waals surface area contributed by atoms with Crippen molar-refractivity contribution >= 4 is 29.3 Å². The van der Waals surface area contributed by atoms with Crippen LogP contribution in [0.2, 0.25) is 0 Å². The number of nitrogens with one attached hydrogen (secondary N) is 1. The first kappa shape index (κ1) is 28.8. The number of rotatable bonds is 13. The van der Waals surface area contributed by atoms with E-state index in [2.05, 4.69) is 10.3 Å². The molecule has 1 amide bonds. The average molecular weight is 551 g/mol. The number of hydrogen-bond acceptors (Lipinski definition) is 7. The van der Waals surface area contributed by atoms with Gasteiger partial charge in [-0.1, -0.05) is 48.9 Å². The highest BCUT2D eigenvalue weighted by Crippen LogP contribution is 2.39. The Labute approximate surface area is 232 Å². The number of benzene rings is 2. The smallest absolute Gasteiger partial charge is 0.303 e. The molecule has 39 heavy (non-hydrogen) atoms. The quantitative estimate of drug-likeness (QED) is 0.178. The van der Waals surface area contributed by atoms with Gasteiger partial charge in [0.25, 0.3) is 0 Å². The molecule has 1 saturated heterocycles. The summed E-state index contributed by atoms with van der Waals surface area (Å²) >= 11 is 1.65. The van der Waals surface area contributed by atoms with Gasteiger partial charge >= 0.3 is 5.97 Å². The lowest BCUT2D eigenvalue weighted by atomic mass is 10.0. The van der Waals surface area contributed by atoms with Crippen molar-refractivity contribution in [3.05, 3.63) is 89.6 Å². The second-order valence-corrected chi connectivity index (χ2v) is 10.5. The van der Waals surface area contributed by atoms with Gasteiger partial charge in [-0.3, -0.25) is 9.59 Å². The molecule has 1 fully saturated rings. The molecule has 9 heteroatoms. The fourth-order valence-electron chi connectivity index (χ4n) is 4.32. The summed E-state index contributed by atoms with van der Waals surface area (Å²) in [7, 11) is 0. The molecule has 1 aromatic heterocycles. The topological polar surface area (TPSA) is 118 Å². The molecule has 0 spiro atoms. The highest BCUT2D eigenvalue weighted by atomic mass is 32.2. The fourth-order valence-corrected chi connectivity index (χ4v) is 5.20. The summed E-state index contributed by atoms with van der Waals surface area (Å²) in [6, 6.07) is 21.1. The van der Waals surface area contributed by atoms with Gasteiger partial charge in [0.05, 0.1) is 23.8 Å². The summed E-state index contributed by atoms with van der Waals surface area (Å²) in [4.78, 5) is 27.3. The number of aromatic nitrogens is 1. The average Bonchev–Trinajstić information content (AvgIpc) is 2.96. The molecule has 0 saturated carbocycles. The maximum Gasteiger partial charge on any atom is 0.303 e. The van der Waals surface area contributed by atoms with E-state index in [0.29, 0.717) is 37.8 Å². The van der Waals surface area contributed by atoms with Crippen molar-refractivity contribution in [2.75, 3.05) is 11.1 Å². The molecule has 3 aromatic rings. The number of hydrogen-bond donors (Lipinski definition) is 3. The van der Waals surface area contributed by atoms with E-state index in [1.54, 1.807) is 18.0 Å². The predicted octanol–water partition coefficient (Wildman–Crippen LogP) is 5.89. The lowest BCUT2D eigenvalue weighted by Gasteiger charge is -2.36. The molecule has 0 unspecified atom stereocenters. The number of aliphatic hydroxyl groups is 1. The largest absolute Gasteiger partial charge is 0.481 e. The van der Waals surface area contributed by atoms with Gasteiger partial charge in [0.2, 0.25) is 5.91 Å². The van der Waals surface area contributed by atoms with Crippen LogP contribution < -0.4 is 5.32 Å². The number of aliphatic carboxylic acids is 1. The summed E-state index contributed by atoms with van der Waals surface area (Å²) in [5.74, 6) is -0.182. The maximum atomic E-state index is 12.3. The number of aliphatic hydroxyl groups excluding tert-OH is 1. The number of nitrogens with zero attached hydrogens (tertiary/aromatic N) is 1. The Balaban J connectivity index is 1.38. The summed E-state index contributed by atoms with van der Waals surface area (Å²) < 4.78 is 12.8. The lowest BCUT2D eigenvalue weighted by molar-refractivity contribution is -0.245. The van der Waals surface area contributed by atoms with Gasteiger partial charge in [-0.15, -0.1) is 11.8 Å². The number of carbonyl (C=O) groups is 2. The van der Waals surface area contributed by atoms with E-state index in [-0.39, 0.29) is 31.1 Å². The van der Waals surface area contributed by atoms with Crippen molar-refractivity contribution in [2.24, 2.45) is 0 Å². The molecule has 4 rings (SSSR count). The molecule has 0 aliphatic carbocycles. The van der Waals surface area contributed by atoms with Gasteiger partial charge in [-0.25, -0.2) is 4.98 Å². The van der Waals surface area contributed by atoms with Crippen LogP contribution in [0.3, 0.4) is 0 Å². The second kappa shape index (κ2) is 14.8. The van der Waals surface area contributed by atoms with Crippen LogP contribution in [0.25, 0.3) is 0 Å². The number of unbranched alkanes of at least 4 members (excludes halogenated alkanes) is 2. The van der Waals surface area contributed by atoms with E-state index in [0.717, 1.165) is 27.5 Å². The predicted molar refractivity (Wildman–Crippen MR) is 149 cm³/mol. The van der Waals surface area contributed by atoms with E-state index in [1.165, 1.54) is 0 Å². The van der Waals surface area contributed by atoms with Gasteiger partial charge in [-0.2, -0.15) is 0 Å². The van der Waals surface area contributed by atoms with Crippen molar-refractivity contribution in [1.82, 2.24) is 4.98 Å². The van der Waals surface area contributed by atoms with E-state index in [4.69, 9.17) is 14.6 Å². The third-order valence-corrected chi connectivity index (χ3v) is 7.51. The lowest BCUT2D eigenvalue weighted by Crippen LogP contribution is -2.31. The highest BCUT2D eigenvalue weighted by molar-refractivity contribution is 7.99. The molecule has 1 aliphatic rings. The first-order valence-electron chi connectivity index (χ1n) is 13.2. The number of pyridine rings is 1. The van der Waals surface area contributed by atoms with Gasteiger partial charge in [-0.05, 0) is 48.2 Å². The first-order chi connectivity index (χ1) is 19.0. The van der Waals surface area contributed by atoms with Gasteiger partial charge in [0.1, 0.15) is 0 Å². The summed E-state index contributed by atoms with van der Waals surface area (Å²) in [5.41, 5.74) is 3.41. The molecule has 1 aliphatic heterocycles. The third-order valence-electron chi connectivity index (χ3n) is 6.43. The number of carbonyl (C=O) groups excluding carboxylic acids is 1. The van der Waals surface area contributed by atoms with E-state index < -0.39 is 12.3 Å². The van der Waals surface area contributed by atoms with Gasteiger partial charge in [0.15, 0.2) is 6.29 Å². The first-order valence-corrected chi connectivity index (χ1v) is 14.1. The molecular weight excluding hydrogens is 516 g/mol. The van der Waals surface area contributed by atoms with Crippen molar-refractivity contribution in [2.45, 2.75) is 68.7 Å². The number of carboxylic acids is 1. The zero-order valence-electron chi connectivity index (χ0n) is 21.7. The SMILES string of the molecule is O=C(O)CCCCCC(=O)Nc1ccc([C@@H]2O[C@H](CSc3ccccn3)C[C@H](c3ccc(CO)cc3)O2)cc1. The minimum absolute atomic E-state index is 0.00547. The van der Waals surface area contributed by atoms with Gasteiger partial charge < -0.3 is 25.0 Å². The number of anilines is 1. The Morgan fingerprint density at radius 3 is 2.36 bits per heavy atom. The van der Waals surface area contributed by atoms with E-state index in [1.807, 2.05) is 66.7 Å². The minimum atomic E-state index is -0.810. The third kappa shape index (κ3) is 9.18. The van der Waals surface area contributed by atoms with Crippen molar-refractivity contribution in [1.29, 1.82) is 0 Å². The van der Waals surface area contributed by atoms with E-state index in [9.17, 15) is 14.7 Å². The van der Waals surface area contributed by atoms with Gasteiger partial charge in [0, 0.05) is 42.5 Å². The second-order valence-electron chi connectivity index (χ2n) is 9.45. The molecule has 206 valence electrons. The van der Waals surface area contributed by atoms with Crippen molar-refractivity contribution < 1.29 is 29.3 Å². The van der Waals surface area contributed by atoms with Crippen LogP contribution >= 0.6 is 11.8 Å². The van der Waals surface area contributed by atoms with Crippen LogP contribution in [-0.2, 0) is 25.7 Å². The Bertz CT molecular complexity index is 1190. The van der Waals surface area contributed by atoms with Crippen LogP contribution in [-0.4, -0.2) is 38.9 Å². The van der Waals surface area contributed by atoms with Crippen LogP contribution in [0.5, 0.6) is 0 Å². The monoisotopic (exact) mass is 550 g/mol. The summed E-state index contributed by atoms with van der Waals surface area (Å²) in [5, 5.41) is 21.9. The van der Waals surface area contributed by atoms with Crippen LogP contribution in [0.4, 0.5) is 5.69 Å². The molecule has 3 atom stereocenters. The molecule has 2 heterocycles. The van der Waals surface area contributed by atoms with Crippen molar-refractivity contribution in [3.8, 4) is 0 Å². The molecule has 0 radical (unpaired) electrons. The number of carboxylic acid groups (broad SMARTS) is 1. The van der Waals surface area contributed by atoms with Crippen LogP contribution in [0.15, 0.2) is 78.0 Å². The maximum absolute atomic E-state index is 12.3. The minimum Gasteiger partial charge on any atom is -0.481 e. The summed E-state index contributed by atoms with van der Waals surface area (Å²) in [6.45, 7) is -0.00547. The highest BCUT2D eigenvalue weighted by Gasteiger charge is 2.32. The number of amides is 1. The Morgan fingerprint density at radius 2 is 1.67 bits per heavy atom. The molecule has 3 N–H and O–H groups in total. The van der Waals surface area contributed by atoms with Crippen LogP contribution in [0.1, 0.15) is 67.6 Å². The standard InChI is InChI=1S/C30H34N2O6S/c33-19-21-9-11-22(12-10-21)26-18-25(20-39-28-7-4-5-17-31-28)37-30(38-26)23-13-15-24(16-14-23)32-27(34)6-2-1-3-8-29(35)36/h4-5,7,9-17,25-26,30,33H,1-3,6,8,18-20H2,(H,32,34)(H,35,36)/t25-,26+,30+/m0/s1. The normalized spacial score (nSPS) is 18.9. The molecule has 2 aromatic carbocycles.